The van der Waals surface area contributed by atoms with Gasteiger partial charge < -0.3 is 15.5 Å². The molecule has 2 heterocycles. The van der Waals surface area contributed by atoms with Gasteiger partial charge >= 0.3 is 0 Å². The van der Waals surface area contributed by atoms with Gasteiger partial charge in [-0.25, -0.2) is 15.0 Å². The van der Waals surface area contributed by atoms with Crippen molar-refractivity contribution < 1.29 is 0 Å². The van der Waals surface area contributed by atoms with Crippen LogP contribution in [-0.4, -0.2) is 40.2 Å². The molecular formula is C19H27N7. The summed E-state index contributed by atoms with van der Waals surface area (Å²) in [5.41, 5.74) is 3.75. The minimum Gasteiger partial charge on any atom is -0.378 e. The molecule has 0 atom stereocenters. The molecule has 138 valence electrons. The van der Waals surface area contributed by atoms with E-state index in [-0.39, 0.29) is 6.04 Å². The predicted octanol–water partition coefficient (Wildman–Crippen LogP) is 4.04. The first kappa shape index (κ1) is 18.0. The number of anilines is 4. The number of aromatic nitrogens is 4. The number of fused-ring (bicyclic) bond motifs is 1. The monoisotopic (exact) mass is 353 g/mol. The average molecular weight is 353 g/mol. The van der Waals surface area contributed by atoms with E-state index in [1.807, 2.05) is 26.2 Å². The number of hydrogen-bond acceptors (Lipinski definition) is 6. The van der Waals surface area contributed by atoms with E-state index in [0.717, 1.165) is 47.3 Å². The number of nitrogens with zero attached hydrogens (tertiary/aromatic N) is 5. The SMILES string of the molecule is CCCNc1ncnc2c1nc(Nc1cccc(N(C)C)c1)n2C(C)C. The van der Waals surface area contributed by atoms with Crippen LogP contribution in [0.15, 0.2) is 30.6 Å². The first-order valence-electron chi connectivity index (χ1n) is 9.02. The Morgan fingerprint density at radius 3 is 2.69 bits per heavy atom. The molecule has 26 heavy (non-hydrogen) atoms. The molecule has 0 radical (unpaired) electrons. The van der Waals surface area contributed by atoms with E-state index in [2.05, 4.69) is 63.0 Å². The number of hydrogen-bond donors (Lipinski definition) is 2. The Kier molecular flexibility index (Phi) is 5.25. The molecule has 0 saturated heterocycles. The molecule has 0 aliphatic carbocycles. The van der Waals surface area contributed by atoms with Crippen molar-refractivity contribution in [2.24, 2.45) is 0 Å². The highest BCUT2D eigenvalue weighted by molar-refractivity contribution is 5.86. The summed E-state index contributed by atoms with van der Waals surface area (Å²) in [5, 5.41) is 6.79. The fourth-order valence-electron chi connectivity index (χ4n) is 2.85. The van der Waals surface area contributed by atoms with Gasteiger partial charge in [0.25, 0.3) is 0 Å². The molecule has 2 N–H and O–H groups in total. The Hall–Kier alpha value is -2.83. The van der Waals surface area contributed by atoms with Crippen LogP contribution in [0.5, 0.6) is 0 Å². The fourth-order valence-corrected chi connectivity index (χ4v) is 2.85. The van der Waals surface area contributed by atoms with Crippen LogP contribution < -0.4 is 15.5 Å². The van der Waals surface area contributed by atoms with E-state index in [4.69, 9.17) is 4.98 Å². The Balaban J connectivity index is 2.04. The maximum absolute atomic E-state index is 4.81. The van der Waals surface area contributed by atoms with Crippen LogP contribution in [0.4, 0.5) is 23.1 Å². The van der Waals surface area contributed by atoms with E-state index in [0.29, 0.717) is 0 Å². The molecule has 2 aromatic heterocycles. The standard InChI is InChI=1S/C19H27N7/c1-6-10-20-17-16-18(22-12-21-17)26(13(2)3)19(24-16)23-14-8-7-9-15(11-14)25(4)5/h7-9,11-13H,6,10H2,1-5H3,(H,23,24)(H,20,21,22). The second kappa shape index (κ2) is 7.59. The van der Waals surface area contributed by atoms with E-state index in [9.17, 15) is 0 Å². The van der Waals surface area contributed by atoms with Gasteiger partial charge in [0.2, 0.25) is 5.95 Å². The largest absolute Gasteiger partial charge is 0.378 e. The third kappa shape index (κ3) is 3.56. The molecular weight excluding hydrogens is 326 g/mol. The normalized spacial score (nSPS) is 11.2. The summed E-state index contributed by atoms with van der Waals surface area (Å²) in [6.07, 6.45) is 2.62. The molecule has 3 aromatic rings. The maximum atomic E-state index is 4.81. The van der Waals surface area contributed by atoms with Crippen molar-refractivity contribution in [3.8, 4) is 0 Å². The molecule has 0 fully saturated rings. The number of rotatable bonds is 7. The van der Waals surface area contributed by atoms with Gasteiger partial charge in [-0.2, -0.15) is 0 Å². The van der Waals surface area contributed by atoms with Gasteiger partial charge in [-0.05, 0) is 38.5 Å². The summed E-state index contributed by atoms with van der Waals surface area (Å²) in [6.45, 7) is 7.24. The van der Waals surface area contributed by atoms with Gasteiger partial charge in [-0.1, -0.05) is 13.0 Å². The van der Waals surface area contributed by atoms with Crippen LogP contribution in [0.1, 0.15) is 33.2 Å². The van der Waals surface area contributed by atoms with Gasteiger partial charge in [-0.3, -0.25) is 4.57 Å². The molecule has 0 spiro atoms. The molecule has 7 heteroatoms. The van der Waals surface area contributed by atoms with Crippen molar-refractivity contribution in [2.45, 2.75) is 33.2 Å². The van der Waals surface area contributed by atoms with Crippen molar-refractivity contribution in [3.05, 3.63) is 30.6 Å². The van der Waals surface area contributed by atoms with E-state index < -0.39 is 0 Å². The molecule has 7 nitrogen and oxygen atoms in total. The van der Waals surface area contributed by atoms with Gasteiger partial charge in [0.1, 0.15) is 6.33 Å². The summed E-state index contributed by atoms with van der Waals surface area (Å²) in [6, 6.07) is 8.47. The molecule has 0 aliphatic rings. The van der Waals surface area contributed by atoms with Gasteiger partial charge in [0.05, 0.1) is 0 Å². The molecule has 3 rings (SSSR count). The third-order valence-electron chi connectivity index (χ3n) is 4.15. The number of nitrogens with one attached hydrogen (secondary N) is 2. The fraction of sp³-hybridized carbons (Fsp3) is 0.421. The van der Waals surface area contributed by atoms with E-state index >= 15 is 0 Å². The third-order valence-corrected chi connectivity index (χ3v) is 4.15. The topological polar surface area (TPSA) is 70.9 Å². The second-order valence-electron chi connectivity index (χ2n) is 6.79. The maximum Gasteiger partial charge on any atom is 0.210 e. The Morgan fingerprint density at radius 2 is 2.00 bits per heavy atom. The van der Waals surface area contributed by atoms with Crippen LogP contribution in [0, 0.1) is 0 Å². The zero-order valence-corrected chi connectivity index (χ0v) is 16.1. The first-order valence-corrected chi connectivity index (χ1v) is 9.02. The van der Waals surface area contributed by atoms with Crippen LogP contribution in [-0.2, 0) is 0 Å². The predicted molar refractivity (Wildman–Crippen MR) is 109 cm³/mol. The van der Waals surface area contributed by atoms with Crippen molar-refractivity contribution in [3.63, 3.8) is 0 Å². The summed E-state index contributed by atoms with van der Waals surface area (Å²) in [7, 11) is 4.06. The summed E-state index contributed by atoms with van der Waals surface area (Å²) < 4.78 is 2.11. The smallest absolute Gasteiger partial charge is 0.210 e. The molecule has 0 amide bonds. The quantitative estimate of drug-likeness (QED) is 0.668. The lowest BCUT2D eigenvalue weighted by atomic mass is 10.2. The van der Waals surface area contributed by atoms with Crippen molar-refractivity contribution in [1.82, 2.24) is 19.5 Å². The minimum atomic E-state index is 0.216. The lowest BCUT2D eigenvalue weighted by molar-refractivity contribution is 0.620. The Labute approximate surface area is 154 Å². The van der Waals surface area contributed by atoms with Crippen molar-refractivity contribution in [2.75, 3.05) is 36.2 Å². The highest BCUT2D eigenvalue weighted by Gasteiger charge is 2.18. The van der Waals surface area contributed by atoms with Crippen LogP contribution in [0.2, 0.25) is 0 Å². The molecule has 1 aromatic carbocycles. The highest BCUT2D eigenvalue weighted by Crippen LogP contribution is 2.29. The molecule has 0 bridgehead atoms. The molecule has 0 saturated carbocycles. The number of benzene rings is 1. The second-order valence-corrected chi connectivity index (χ2v) is 6.79. The lowest BCUT2D eigenvalue weighted by Crippen LogP contribution is -2.10. The lowest BCUT2D eigenvalue weighted by Gasteiger charge is -2.16. The zero-order chi connectivity index (χ0) is 18.7. The van der Waals surface area contributed by atoms with Gasteiger partial charge in [-0.15, -0.1) is 0 Å². The Morgan fingerprint density at radius 1 is 1.19 bits per heavy atom. The van der Waals surface area contributed by atoms with Crippen molar-refractivity contribution >= 4 is 34.3 Å². The molecule has 0 unspecified atom stereocenters. The van der Waals surface area contributed by atoms with Gasteiger partial charge in [0.15, 0.2) is 17.0 Å². The summed E-state index contributed by atoms with van der Waals surface area (Å²) in [5.74, 6) is 1.55. The van der Waals surface area contributed by atoms with Crippen LogP contribution in [0.25, 0.3) is 11.2 Å². The first-order chi connectivity index (χ1) is 12.5. The van der Waals surface area contributed by atoms with Crippen LogP contribution >= 0.6 is 0 Å². The Bertz CT molecular complexity index is 883. The highest BCUT2D eigenvalue weighted by atomic mass is 15.3. The molecule has 0 aliphatic heterocycles. The van der Waals surface area contributed by atoms with Crippen LogP contribution in [0.3, 0.4) is 0 Å². The minimum absolute atomic E-state index is 0.216. The number of imidazole rings is 1. The zero-order valence-electron chi connectivity index (χ0n) is 16.1. The van der Waals surface area contributed by atoms with Crippen molar-refractivity contribution in [1.29, 1.82) is 0 Å². The van der Waals surface area contributed by atoms with E-state index in [1.165, 1.54) is 0 Å². The van der Waals surface area contributed by atoms with Gasteiger partial charge in [0, 0.05) is 38.1 Å². The summed E-state index contributed by atoms with van der Waals surface area (Å²) >= 11 is 0. The average Bonchev–Trinajstić information content (AvgIpc) is 2.98. The summed E-state index contributed by atoms with van der Waals surface area (Å²) in [4.78, 5) is 15.7. The van der Waals surface area contributed by atoms with E-state index in [1.54, 1.807) is 6.33 Å².